The third kappa shape index (κ3) is 6.54. The predicted molar refractivity (Wildman–Crippen MR) is 147 cm³/mol. The molecular weight excluding hydrogens is 450 g/mol. The molecule has 0 spiro atoms. The van der Waals surface area contributed by atoms with Crippen LogP contribution >= 0.6 is 0 Å². The smallest absolute Gasteiger partial charge is 0.266 e. The lowest BCUT2D eigenvalue weighted by Crippen LogP contribution is -2.39. The SMILES string of the molecule is CCCCCCCC(=O)N(CCC)C(CC)c1nc2ccccc2c(=O)n1-c1ccc(OCC)cc1. The number of hydrogen-bond donors (Lipinski definition) is 0. The minimum absolute atomic E-state index is 0.123. The monoisotopic (exact) mass is 491 g/mol. The Balaban J connectivity index is 2.06. The Morgan fingerprint density at radius 1 is 0.944 bits per heavy atom. The van der Waals surface area contributed by atoms with E-state index in [4.69, 9.17) is 9.72 Å². The first-order valence-electron chi connectivity index (χ1n) is 13.6. The highest BCUT2D eigenvalue weighted by Crippen LogP contribution is 2.28. The number of carbonyl (C=O) groups excluding carboxylic acids is 1. The van der Waals surface area contributed by atoms with Crippen molar-refractivity contribution in [1.82, 2.24) is 14.5 Å². The average molecular weight is 492 g/mol. The van der Waals surface area contributed by atoms with Gasteiger partial charge in [-0.25, -0.2) is 4.98 Å². The average Bonchev–Trinajstić information content (AvgIpc) is 2.89. The fraction of sp³-hybridized carbons (Fsp3) is 0.500. The highest BCUT2D eigenvalue weighted by molar-refractivity contribution is 5.79. The summed E-state index contributed by atoms with van der Waals surface area (Å²) in [6, 6.07) is 14.7. The summed E-state index contributed by atoms with van der Waals surface area (Å²) in [6.45, 7) is 9.50. The second kappa shape index (κ2) is 13.8. The molecule has 1 amide bonds. The maximum absolute atomic E-state index is 13.8. The topological polar surface area (TPSA) is 64.4 Å². The summed E-state index contributed by atoms with van der Waals surface area (Å²) in [4.78, 5) is 34.2. The zero-order valence-electron chi connectivity index (χ0n) is 22.3. The lowest BCUT2D eigenvalue weighted by Gasteiger charge is -2.32. The lowest BCUT2D eigenvalue weighted by molar-refractivity contribution is -0.134. The van der Waals surface area contributed by atoms with Crippen molar-refractivity contribution in [3.05, 3.63) is 64.7 Å². The van der Waals surface area contributed by atoms with Gasteiger partial charge in [-0.3, -0.25) is 14.2 Å². The van der Waals surface area contributed by atoms with Crippen LogP contribution in [0.2, 0.25) is 0 Å². The minimum Gasteiger partial charge on any atom is -0.494 e. The Bertz CT molecular complexity index is 1170. The molecule has 1 aromatic heterocycles. The minimum atomic E-state index is -0.294. The lowest BCUT2D eigenvalue weighted by atomic mass is 10.1. The maximum Gasteiger partial charge on any atom is 0.266 e. The van der Waals surface area contributed by atoms with Crippen LogP contribution in [0.5, 0.6) is 5.75 Å². The number of para-hydroxylation sites is 1. The summed E-state index contributed by atoms with van der Waals surface area (Å²) >= 11 is 0. The molecule has 194 valence electrons. The van der Waals surface area contributed by atoms with Crippen molar-refractivity contribution < 1.29 is 9.53 Å². The van der Waals surface area contributed by atoms with Crippen LogP contribution < -0.4 is 10.3 Å². The van der Waals surface area contributed by atoms with Crippen LogP contribution in [0.4, 0.5) is 0 Å². The first kappa shape index (κ1) is 27.4. The Morgan fingerprint density at radius 3 is 2.33 bits per heavy atom. The van der Waals surface area contributed by atoms with E-state index in [0.717, 1.165) is 37.1 Å². The Morgan fingerprint density at radius 2 is 1.67 bits per heavy atom. The van der Waals surface area contributed by atoms with Gasteiger partial charge in [-0.2, -0.15) is 0 Å². The van der Waals surface area contributed by atoms with Crippen molar-refractivity contribution in [2.45, 2.75) is 85.1 Å². The third-order valence-corrected chi connectivity index (χ3v) is 6.55. The molecule has 0 fully saturated rings. The second-order valence-electron chi connectivity index (χ2n) is 9.23. The van der Waals surface area contributed by atoms with Crippen LogP contribution in [0, 0.1) is 0 Å². The van der Waals surface area contributed by atoms with Gasteiger partial charge in [0.1, 0.15) is 11.6 Å². The van der Waals surface area contributed by atoms with E-state index in [9.17, 15) is 9.59 Å². The van der Waals surface area contributed by atoms with Gasteiger partial charge in [0.05, 0.1) is 29.2 Å². The van der Waals surface area contributed by atoms with Crippen LogP contribution in [-0.4, -0.2) is 33.5 Å². The van der Waals surface area contributed by atoms with Gasteiger partial charge in [0.2, 0.25) is 5.91 Å². The van der Waals surface area contributed by atoms with Gasteiger partial charge in [0.25, 0.3) is 5.56 Å². The standard InChI is InChI=1S/C30H41N3O3/c1-5-9-10-11-12-17-28(34)32(22-6-2)27(7-3)29-31-26-16-14-13-15-25(26)30(35)33(29)23-18-20-24(21-19-23)36-8-4/h13-16,18-21,27H,5-12,17,22H2,1-4H3. The number of ether oxygens (including phenoxy) is 1. The van der Waals surface area contributed by atoms with E-state index < -0.39 is 0 Å². The number of benzene rings is 2. The molecular formula is C30H41N3O3. The highest BCUT2D eigenvalue weighted by atomic mass is 16.5. The molecule has 36 heavy (non-hydrogen) atoms. The van der Waals surface area contributed by atoms with Crippen molar-refractivity contribution in [1.29, 1.82) is 0 Å². The number of amides is 1. The molecule has 0 aliphatic heterocycles. The summed E-state index contributed by atoms with van der Waals surface area (Å²) < 4.78 is 7.29. The van der Waals surface area contributed by atoms with E-state index in [0.29, 0.717) is 42.7 Å². The molecule has 6 nitrogen and oxygen atoms in total. The Hall–Kier alpha value is -3.15. The molecule has 1 atom stereocenters. The van der Waals surface area contributed by atoms with E-state index in [-0.39, 0.29) is 17.5 Å². The van der Waals surface area contributed by atoms with E-state index in [2.05, 4.69) is 20.8 Å². The second-order valence-corrected chi connectivity index (χ2v) is 9.23. The van der Waals surface area contributed by atoms with E-state index in [1.165, 1.54) is 12.8 Å². The number of carbonyl (C=O) groups is 1. The van der Waals surface area contributed by atoms with E-state index in [1.54, 1.807) is 4.57 Å². The fourth-order valence-corrected chi connectivity index (χ4v) is 4.74. The number of unbranched alkanes of at least 4 members (excludes halogenated alkanes) is 4. The summed E-state index contributed by atoms with van der Waals surface area (Å²) in [6.07, 6.45) is 7.57. The zero-order valence-corrected chi connectivity index (χ0v) is 22.3. The number of fused-ring (bicyclic) bond motifs is 1. The number of aromatic nitrogens is 2. The van der Waals surface area contributed by atoms with Gasteiger partial charge in [0.15, 0.2) is 0 Å². The van der Waals surface area contributed by atoms with Crippen molar-refractivity contribution in [2.24, 2.45) is 0 Å². The molecule has 0 saturated carbocycles. The van der Waals surface area contributed by atoms with E-state index >= 15 is 0 Å². The van der Waals surface area contributed by atoms with Crippen LogP contribution in [-0.2, 0) is 4.79 Å². The van der Waals surface area contributed by atoms with Crippen molar-refractivity contribution in [2.75, 3.05) is 13.2 Å². The first-order valence-corrected chi connectivity index (χ1v) is 13.6. The van der Waals surface area contributed by atoms with Crippen LogP contribution in [0.3, 0.4) is 0 Å². The molecule has 0 radical (unpaired) electrons. The van der Waals surface area contributed by atoms with Crippen LogP contribution in [0.15, 0.2) is 53.3 Å². The predicted octanol–water partition coefficient (Wildman–Crippen LogP) is 6.83. The Kier molecular flexibility index (Phi) is 10.5. The molecule has 0 saturated heterocycles. The van der Waals surface area contributed by atoms with Gasteiger partial charge in [-0.1, -0.05) is 58.6 Å². The number of nitrogens with zero attached hydrogens (tertiary/aromatic N) is 3. The van der Waals surface area contributed by atoms with Gasteiger partial charge in [-0.15, -0.1) is 0 Å². The highest BCUT2D eigenvalue weighted by Gasteiger charge is 2.28. The van der Waals surface area contributed by atoms with Gasteiger partial charge >= 0.3 is 0 Å². The molecule has 0 aliphatic carbocycles. The summed E-state index contributed by atoms with van der Waals surface area (Å²) in [7, 11) is 0. The summed E-state index contributed by atoms with van der Waals surface area (Å²) in [5.74, 6) is 1.50. The van der Waals surface area contributed by atoms with Crippen molar-refractivity contribution in [3.8, 4) is 11.4 Å². The molecule has 0 aliphatic rings. The van der Waals surface area contributed by atoms with Crippen molar-refractivity contribution in [3.63, 3.8) is 0 Å². The molecule has 1 unspecified atom stereocenters. The number of rotatable bonds is 14. The third-order valence-electron chi connectivity index (χ3n) is 6.55. The fourth-order valence-electron chi connectivity index (χ4n) is 4.74. The molecule has 3 aromatic rings. The van der Waals surface area contributed by atoms with Crippen LogP contribution in [0.25, 0.3) is 16.6 Å². The normalized spacial score (nSPS) is 12.0. The quantitative estimate of drug-likeness (QED) is 0.232. The molecule has 6 heteroatoms. The number of hydrogen-bond acceptors (Lipinski definition) is 4. The van der Waals surface area contributed by atoms with Gasteiger partial charge in [-0.05, 0) is 62.6 Å². The van der Waals surface area contributed by atoms with Gasteiger partial charge < -0.3 is 9.64 Å². The molecule has 0 N–H and O–H groups in total. The molecule has 1 heterocycles. The maximum atomic E-state index is 13.8. The zero-order chi connectivity index (χ0) is 25.9. The molecule has 0 bridgehead atoms. The summed E-state index contributed by atoms with van der Waals surface area (Å²) in [5, 5.41) is 0.564. The molecule has 2 aromatic carbocycles. The Labute approximate surface area is 215 Å². The largest absolute Gasteiger partial charge is 0.494 e. The van der Waals surface area contributed by atoms with Crippen molar-refractivity contribution >= 4 is 16.8 Å². The van der Waals surface area contributed by atoms with Gasteiger partial charge in [0, 0.05) is 13.0 Å². The summed E-state index contributed by atoms with van der Waals surface area (Å²) in [5.41, 5.74) is 1.25. The van der Waals surface area contributed by atoms with Crippen LogP contribution in [0.1, 0.15) is 90.9 Å². The van der Waals surface area contributed by atoms with E-state index in [1.807, 2.05) is 60.4 Å². The molecule has 3 rings (SSSR count). The first-order chi connectivity index (χ1) is 17.5.